The minimum atomic E-state index is -0.481. The van der Waals surface area contributed by atoms with E-state index < -0.39 is 5.54 Å². The highest BCUT2D eigenvalue weighted by Gasteiger charge is 2.34. The van der Waals surface area contributed by atoms with Crippen LogP contribution in [0.25, 0.3) is 0 Å². The van der Waals surface area contributed by atoms with Crippen molar-refractivity contribution >= 4 is 29.1 Å². The summed E-state index contributed by atoms with van der Waals surface area (Å²) in [7, 11) is 0. The molecule has 1 amide bonds. The molecule has 3 nitrogen and oxygen atoms in total. The van der Waals surface area contributed by atoms with Gasteiger partial charge >= 0.3 is 0 Å². The van der Waals surface area contributed by atoms with E-state index in [9.17, 15) is 4.79 Å². The Morgan fingerprint density at radius 3 is 2.75 bits per heavy atom. The van der Waals surface area contributed by atoms with E-state index >= 15 is 0 Å². The summed E-state index contributed by atoms with van der Waals surface area (Å²) >= 11 is 12.1. The SMILES string of the molecule is CC(NC(=O)C1(C)CCCCN1)c1ccc(Cl)cc1Cl. The van der Waals surface area contributed by atoms with Gasteiger partial charge < -0.3 is 10.6 Å². The highest BCUT2D eigenvalue weighted by molar-refractivity contribution is 6.35. The van der Waals surface area contributed by atoms with Crippen molar-refractivity contribution in [3.63, 3.8) is 0 Å². The molecular weight excluding hydrogens is 295 g/mol. The Balaban J connectivity index is 2.07. The Morgan fingerprint density at radius 1 is 1.40 bits per heavy atom. The van der Waals surface area contributed by atoms with Crippen LogP contribution in [-0.4, -0.2) is 18.0 Å². The van der Waals surface area contributed by atoms with E-state index in [1.54, 1.807) is 12.1 Å². The van der Waals surface area contributed by atoms with E-state index in [0.717, 1.165) is 31.4 Å². The predicted molar refractivity (Wildman–Crippen MR) is 83.3 cm³/mol. The molecule has 1 aliphatic rings. The van der Waals surface area contributed by atoms with Crippen molar-refractivity contribution in [2.24, 2.45) is 0 Å². The molecule has 5 heteroatoms. The zero-order valence-corrected chi connectivity index (χ0v) is 13.3. The van der Waals surface area contributed by atoms with Crippen molar-refractivity contribution in [3.8, 4) is 0 Å². The molecule has 2 rings (SSSR count). The second-order valence-electron chi connectivity index (χ2n) is 5.58. The van der Waals surface area contributed by atoms with E-state index in [4.69, 9.17) is 23.2 Å². The lowest BCUT2D eigenvalue weighted by atomic mass is 9.89. The molecule has 1 fully saturated rings. The summed E-state index contributed by atoms with van der Waals surface area (Å²) in [6.45, 7) is 4.77. The highest BCUT2D eigenvalue weighted by atomic mass is 35.5. The van der Waals surface area contributed by atoms with E-state index in [0.29, 0.717) is 10.0 Å². The Hall–Kier alpha value is -0.770. The van der Waals surface area contributed by atoms with Gasteiger partial charge in [0.05, 0.1) is 11.6 Å². The van der Waals surface area contributed by atoms with Gasteiger partial charge in [-0.15, -0.1) is 0 Å². The smallest absolute Gasteiger partial charge is 0.240 e. The fraction of sp³-hybridized carbons (Fsp3) is 0.533. The maximum Gasteiger partial charge on any atom is 0.240 e. The molecule has 0 aromatic heterocycles. The third-order valence-electron chi connectivity index (χ3n) is 3.90. The summed E-state index contributed by atoms with van der Waals surface area (Å²) in [5, 5.41) is 7.52. The first-order valence-electron chi connectivity index (χ1n) is 6.93. The van der Waals surface area contributed by atoms with Gasteiger partial charge in [0.1, 0.15) is 0 Å². The van der Waals surface area contributed by atoms with Crippen molar-refractivity contribution < 1.29 is 4.79 Å². The molecule has 1 aromatic rings. The topological polar surface area (TPSA) is 41.1 Å². The molecule has 2 atom stereocenters. The number of amides is 1. The quantitative estimate of drug-likeness (QED) is 0.893. The summed E-state index contributed by atoms with van der Waals surface area (Å²) in [4.78, 5) is 12.4. The standard InChI is InChI=1S/C15H20Cl2N2O/c1-10(12-6-5-11(16)9-13(12)17)19-14(20)15(2)7-3-4-8-18-15/h5-6,9-10,18H,3-4,7-8H2,1-2H3,(H,19,20). The number of rotatable bonds is 3. The second kappa shape index (κ2) is 6.33. The Labute approximate surface area is 130 Å². The maximum atomic E-state index is 12.4. The first kappa shape index (κ1) is 15.6. The first-order chi connectivity index (χ1) is 9.42. The molecular formula is C15H20Cl2N2O. The average Bonchev–Trinajstić information content (AvgIpc) is 2.39. The predicted octanol–water partition coefficient (Wildman–Crippen LogP) is 3.70. The van der Waals surface area contributed by atoms with Crippen LogP contribution < -0.4 is 10.6 Å². The minimum absolute atomic E-state index is 0.0238. The Morgan fingerprint density at radius 2 is 2.15 bits per heavy atom. The van der Waals surface area contributed by atoms with Crippen molar-refractivity contribution in [2.45, 2.75) is 44.7 Å². The molecule has 0 bridgehead atoms. The van der Waals surface area contributed by atoms with Crippen molar-refractivity contribution in [1.82, 2.24) is 10.6 Å². The summed E-state index contributed by atoms with van der Waals surface area (Å²) in [5.41, 5.74) is 0.398. The van der Waals surface area contributed by atoms with Crippen molar-refractivity contribution in [3.05, 3.63) is 33.8 Å². The van der Waals surface area contributed by atoms with Gasteiger partial charge in [-0.3, -0.25) is 4.79 Å². The zero-order valence-electron chi connectivity index (χ0n) is 11.8. The van der Waals surface area contributed by atoms with Crippen LogP contribution in [0.5, 0.6) is 0 Å². The van der Waals surface area contributed by atoms with Crippen LogP contribution in [0.2, 0.25) is 10.0 Å². The normalized spacial score (nSPS) is 24.2. The van der Waals surface area contributed by atoms with Crippen LogP contribution in [0.1, 0.15) is 44.7 Å². The highest BCUT2D eigenvalue weighted by Crippen LogP contribution is 2.27. The molecule has 0 aliphatic carbocycles. The van der Waals surface area contributed by atoms with Crippen LogP contribution in [0, 0.1) is 0 Å². The summed E-state index contributed by atoms with van der Waals surface area (Å²) < 4.78 is 0. The van der Waals surface area contributed by atoms with E-state index in [1.165, 1.54) is 0 Å². The molecule has 1 saturated heterocycles. The summed E-state index contributed by atoms with van der Waals surface area (Å²) in [6, 6.07) is 5.19. The fourth-order valence-corrected chi connectivity index (χ4v) is 3.11. The van der Waals surface area contributed by atoms with Crippen LogP contribution in [0.3, 0.4) is 0 Å². The van der Waals surface area contributed by atoms with Gasteiger partial charge in [-0.1, -0.05) is 29.3 Å². The average molecular weight is 315 g/mol. The molecule has 110 valence electrons. The first-order valence-corrected chi connectivity index (χ1v) is 7.69. The monoisotopic (exact) mass is 314 g/mol. The van der Waals surface area contributed by atoms with Crippen LogP contribution >= 0.6 is 23.2 Å². The number of benzene rings is 1. The number of hydrogen-bond donors (Lipinski definition) is 2. The summed E-state index contributed by atoms with van der Waals surface area (Å²) in [5.74, 6) is 0.0238. The maximum absolute atomic E-state index is 12.4. The Bertz CT molecular complexity index is 499. The number of carbonyl (C=O) groups excluding carboxylic acids is 1. The lowest BCUT2D eigenvalue weighted by molar-refractivity contribution is -0.128. The zero-order chi connectivity index (χ0) is 14.8. The van der Waals surface area contributed by atoms with Gasteiger partial charge in [0.2, 0.25) is 5.91 Å². The third-order valence-corrected chi connectivity index (χ3v) is 4.46. The lowest BCUT2D eigenvalue weighted by Crippen LogP contribution is -2.57. The lowest BCUT2D eigenvalue weighted by Gasteiger charge is -2.34. The van der Waals surface area contributed by atoms with Gasteiger partial charge in [-0.05, 0) is 57.4 Å². The Kier molecular flexibility index (Phi) is 4.95. The van der Waals surface area contributed by atoms with Crippen LogP contribution in [-0.2, 0) is 4.79 Å². The van der Waals surface area contributed by atoms with E-state index in [1.807, 2.05) is 19.9 Å². The molecule has 1 heterocycles. The molecule has 1 aromatic carbocycles. The molecule has 2 unspecified atom stereocenters. The second-order valence-corrected chi connectivity index (χ2v) is 6.42. The van der Waals surface area contributed by atoms with Gasteiger partial charge in [0.15, 0.2) is 0 Å². The van der Waals surface area contributed by atoms with Gasteiger partial charge in [0, 0.05) is 10.0 Å². The van der Waals surface area contributed by atoms with Crippen molar-refractivity contribution in [2.75, 3.05) is 6.54 Å². The molecule has 0 spiro atoms. The van der Waals surface area contributed by atoms with E-state index in [2.05, 4.69) is 10.6 Å². The fourth-order valence-electron chi connectivity index (χ4n) is 2.54. The third kappa shape index (κ3) is 3.46. The molecule has 2 N–H and O–H groups in total. The van der Waals surface area contributed by atoms with Crippen LogP contribution in [0.4, 0.5) is 0 Å². The molecule has 1 aliphatic heterocycles. The van der Waals surface area contributed by atoms with Gasteiger partial charge in [-0.2, -0.15) is 0 Å². The molecule has 20 heavy (non-hydrogen) atoms. The minimum Gasteiger partial charge on any atom is -0.348 e. The molecule has 0 radical (unpaired) electrons. The number of piperidine rings is 1. The number of nitrogens with one attached hydrogen (secondary N) is 2. The largest absolute Gasteiger partial charge is 0.348 e. The van der Waals surface area contributed by atoms with Gasteiger partial charge in [0.25, 0.3) is 0 Å². The molecule has 0 saturated carbocycles. The van der Waals surface area contributed by atoms with E-state index in [-0.39, 0.29) is 11.9 Å². The van der Waals surface area contributed by atoms with Gasteiger partial charge in [-0.25, -0.2) is 0 Å². The van der Waals surface area contributed by atoms with Crippen LogP contribution in [0.15, 0.2) is 18.2 Å². The number of hydrogen-bond acceptors (Lipinski definition) is 2. The van der Waals surface area contributed by atoms with Crippen molar-refractivity contribution in [1.29, 1.82) is 0 Å². The number of carbonyl (C=O) groups is 1. The number of halogens is 2. The summed E-state index contributed by atoms with van der Waals surface area (Å²) in [6.07, 6.45) is 3.06.